The van der Waals surface area contributed by atoms with Crippen LogP contribution in [-0.4, -0.2) is 58.0 Å². The third-order valence-corrected chi connectivity index (χ3v) is 5.62. The minimum Gasteiger partial charge on any atom is -0.343 e. The zero-order chi connectivity index (χ0) is 17.2. The van der Waals surface area contributed by atoms with Gasteiger partial charge in [-0.2, -0.15) is 0 Å². The molecule has 0 unspecified atom stereocenters. The lowest BCUT2D eigenvalue weighted by molar-refractivity contribution is -0.127. The van der Waals surface area contributed by atoms with Gasteiger partial charge in [-0.15, -0.1) is 0 Å². The number of imidazole rings is 1. The van der Waals surface area contributed by atoms with E-state index in [1.54, 1.807) is 0 Å². The molecule has 2 aromatic rings. The number of hydrogen-bond donors (Lipinski definition) is 1. The number of carbonyl (C=O) groups excluding carboxylic acids is 1. The number of nitrogens with zero attached hydrogens (tertiary/aromatic N) is 3. The van der Waals surface area contributed by atoms with E-state index in [-0.39, 0.29) is 11.7 Å². The van der Waals surface area contributed by atoms with Crippen molar-refractivity contribution < 1.29 is 4.79 Å². The van der Waals surface area contributed by atoms with Gasteiger partial charge in [-0.3, -0.25) is 9.36 Å². The van der Waals surface area contributed by atoms with Gasteiger partial charge in [0.05, 0.1) is 11.0 Å². The first-order valence-corrected chi connectivity index (χ1v) is 9.42. The summed E-state index contributed by atoms with van der Waals surface area (Å²) in [6.07, 6.45) is 4.80. The summed E-state index contributed by atoms with van der Waals surface area (Å²) in [5.74, 6) is 0.317. The van der Waals surface area contributed by atoms with Gasteiger partial charge in [0.25, 0.3) is 0 Å². The molecule has 0 bridgehead atoms. The number of H-pyrrole nitrogens is 1. The Labute approximate surface area is 147 Å². The normalized spacial score (nSPS) is 20.0. The number of aromatic amines is 1. The summed E-state index contributed by atoms with van der Waals surface area (Å²) in [6.45, 7) is 4.90. The smallest absolute Gasteiger partial charge is 0.326 e. The highest BCUT2D eigenvalue weighted by molar-refractivity contribution is 5.78. The zero-order valence-corrected chi connectivity index (χ0v) is 14.6. The van der Waals surface area contributed by atoms with Crippen LogP contribution >= 0.6 is 0 Å². The third-order valence-electron chi connectivity index (χ3n) is 5.62. The zero-order valence-electron chi connectivity index (χ0n) is 14.6. The first kappa shape index (κ1) is 16.4. The van der Waals surface area contributed by atoms with Crippen LogP contribution in [0.1, 0.15) is 38.1 Å². The van der Waals surface area contributed by atoms with Crippen molar-refractivity contribution in [3.8, 4) is 0 Å². The van der Waals surface area contributed by atoms with Crippen LogP contribution in [0.5, 0.6) is 0 Å². The molecule has 2 aliphatic rings. The van der Waals surface area contributed by atoms with Gasteiger partial charge in [0.2, 0.25) is 5.91 Å². The number of likely N-dealkylation sites (tertiary alicyclic amines) is 2. The number of hydrogen-bond acceptors (Lipinski definition) is 3. The van der Waals surface area contributed by atoms with E-state index in [1.165, 1.54) is 0 Å². The van der Waals surface area contributed by atoms with Crippen LogP contribution < -0.4 is 5.69 Å². The molecule has 6 heteroatoms. The topological polar surface area (TPSA) is 61.3 Å². The first-order valence-electron chi connectivity index (χ1n) is 9.42. The lowest BCUT2D eigenvalue weighted by Crippen LogP contribution is -2.38. The maximum atomic E-state index is 12.3. The highest BCUT2D eigenvalue weighted by Crippen LogP contribution is 2.24. The molecule has 134 valence electrons. The van der Waals surface area contributed by atoms with Crippen molar-refractivity contribution in [1.82, 2.24) is 19.4 Å². The summed E-state index contributed by atoms with van der Waals surface area (Å²) in [5.41, 5.74) is 1.94. The molecule has 0 saturated carbocycles. The monoisotopic (exact) mass is 342 g/mol. The fraction of sp³-hybridized carbons (Fsp3) is 0.579. The Kier molecular flexibility index (Phi) is 4.61. The van der Waals surface area contributed by atoms with Crippen molar-refractivity contribution in [1.29, 1.82) is 0 Å². The fourth-order valence-corrected chi connectivity index (χ4v) is 4.26. The van der Waals surface area contributed by atoms with Crippen molar-refractivity contribution in [2.75, 3.05) is 32.7 Å². The van der Waals surface area contributed by atoms with Gasteiger partial charge in [-0.05, 0) is 44.4 Å². The molecule has 3 heterocycles. The number of para-hydroxylation sites is 2. The second-order valence-electron chi connectivity index (χ2n) is 7.23. The summed E-state index contributed by atoms with van der Waals surface area (Å²) in [7, 11) is 0. The predicted molar refractivity (Wildman–Crippen MR) is 97.7 cm³/mol. The van der Waals surface area contributed by atoms with Gasteiger partial charge in [0, 0.05) is 38.6 Å². The predicted octanol–water partition coefficient (Wildman–Crippen LogP) is 1.98. The molecule has 4 rings (SSSR count). The molecule has 1 N–H and O–H groups in total. The number of fused-ring (bicyclic) bond motifs is 1. The lowest BCUT2D eigenvalue weighted by Gasteiger charge is -2.32. The Hall–Kier alpha value is -2.08. The van der Waals surface area contributed by atoms with Crippen molar-refractivity contribution >= 4 is 16.9 Å². The maximum Gasteiger partial charge on any atom is 0.326 e. The van der Waals surface area contributed by atoms with E-state index in [1.807, 2.05) is 33.7 Å². The Morgan fingerprint density at radius 1 is 1.04 bits per heavy atom. The molecule has 1 aromatic heterocycles. The number of rotatable bonds is 5. The fourth-order valence-electron chi connectivity index (χ4n) is 4.26. The molecule has 0 spiro atoms. The molecule has 1 aromatic carbocycles. The van der Waals surface area contributed by atoms with Crippen molar-refractivity contribution in [3.05, 3.63) is 34.7 Å². The molecule has 25 heavy (non-hydrogen) atoms. The number of benzene rings is 1. The molecule has 2 aliphatic heterocycles. The SMILES string of the molecule is O=C1CCCN1CCCN1CCC(n2c(=O)[nH]c3ccccc32)CC1. The minimum atomic E-state index is 0.00666. The van der Waals surface area contributed by atoms with Crippen LogP contribution in [-0.2, 0) is 4.79 Å². The molecule has 0 atom stereocenters. The van der Waals surface area contributed by atoms with E-state index >= 15 is 0 Å². The summed E-state index contributed by atoms with van der Waals surface area (Å²) in [5, 5.41) is 0. The number of aromatic nitrogens is 2. The molecule has 2 saturated heterocycles. The average Bonchev–Trinajstić information content (AvgIpc) is 3.18. The summed E-state index contributed by atoms with van der Waals surface area (Å²) < 4.78 is 1.94. The average molecular weight is 342 g/mol. The Balaban J connectivity index is 1.31. The maximum absolute atomic E-state index is 12.3. The number of piperidine rings is 1. The Bertz CT molecular complexity index is 801. The molecular weight excluding hydrogens is 316 g/mol. The quantitative estimate of drug-likeness (QED) is 0.904. The molecule has 2 fully saturated rings. The van der Waals surface area contributed by atoms with Gasteiger partial charge in [-0.25, -0.2) is 4.79 Å². The third kappa shape index (κ3) is 3.35. The first-order chi connectivity index (χ1) is 12.2. The molecule has 6 nitrogen and oxygen atoms in total. The molecule has 0 aliphatic carbocycles. The second-order valence-corrected chi connectivity index (χ2v) is 7.23. The van der Waals surface area contributed by atoms with Gasteiger partial charge in [0.15, 0.2) is 0 Å². The minimum absolute atomic E-state index is 0.00666. The standard InChI is InChI=1S/C19H26N4O2/c24-18-7-3-11-22(18)12-4-10-21-13-8-15(9-14-21)23-17-6-2-1-5-16(17)20-19(23)25/h1-2,5-6,15H,3-4,7-14H2,(H,20,25). The molecule has 1 amide bonds. The number of carbonyl (C=O) groups is 1. The van der Waals surface area contributed by atoms with Gasteiger partial charge >= 0.3 is 5.69 Å². The van der Waals surface area contributed by atoms with Gasteiger partial charge in [0.1, 0.15) is 0 Å². The Morgan fingerprint density at radius 2 is 1.84 bits per heavy atom. The van der Waals surface area contributed by atoms with E-state index in [0.29, 0.717) is 5.91 Å². The Morgan fingerprint density at radius 3 is 2.60 bits per heavy atom. The van der Waals surface area contributed by atoms with E-state index < -0.39 is 0 Å². The van der Waals surface area contributed by atoms with E-state index in [2.05, 4.69) is 9.88 Å². The van der Waals surface area contributed by atoms with Crippen LogP contribution in [0.4, 0.5) is 0 Å². The van der Waals surface area contributed by atoms with E-state index in [9.17, 15) is 9.59 Å². The van der Waals surface area contributed by atoms with E-state index in [4.69, 9.17) is 0 Å². The van der Waals surface area contributed by atoms with E-state index in [0.717, 1.165) is 75.9 Å². The van der Waals surface area contributed by atoms with Crippen LogP contribution in [0, 0.1) is 0 Å². The highest BCUT2D eigenvalue weighted by Gasteiger charge is 2.24. The van der Waals surface area contributed by atoms with Gasteiger partial charge < -0.3 is 14.8 Å². The van der Waals surface area contributed by atoms with Crippen molar-refractivity contribution in [2.24, 2.45) is 0 Å². The molecular formula is C19H26N4O2. The summed E-state index contributed by atoms with van der Waals surface area (Å²) in [4.78, 5) is 31.4. The van der Waals surface area contributed by atoms with Crippen LogP contribution in [0.2, 0.25) is 0 Å². The number of nitrogens with one attached hydrogen (secondary N) is 1. The molecule has 0 radical (unpaired) electrons. The van der Waals surface area contributed by atoms with Crippen molar-refractivity contribution in [2.45, 2.75) is 38.1 Å². The largest absolute Gasteiger partial charge is 0.343 e. The second kappa shape index (κ2) is 7.04. The van der Waals surface area contributed by atoms with Gasteiger partial charge in [-0.1, -0.05) is 12.1 Å². The highest BCUT2D eigenvalue weighted by atomic mass is 16.2. The van der Waals surface area contributed by atoms with Crippen LogP contribution in [0.15, 0.2) is 29.1 Å². The number of amides is 1. The lowest BCUT2D eigenvalue weighted by atomic mass is 10.0. The summed E-state index contributed by atoms with van der Waals surface area (Å²) >= 11 is 0. The van der Waals surface area contributed by atoms with Crippen LogP contribution in [0.3, 0.4) is 0 Å². The summed E-state index contributed by atoms with van der Waals surface area (Å²) in [6, 6.07) is 8.20. The van der Waals surface area contributed by atoms with Crippen LogP contribution in [0.25, 0.3) is 11.0 Å². The van der Waals surface area contributed by atoms with Crippen molar-refractivity contribution in [3.63, 3.8) is 0 Å².